The molecule has 1 unspecified atom stereocenters. The molecular formula is C16H27N3OS2. The van der Waals surface area contributed by atoms with E-state index in [2.05, 4.69) is 59.6 Å². The number of anilines is 1. The molecule has 1 aliphatic heterocycles. The van der Waals surface area contributed by atoms with Gasteiger partial charge in [-0.15, -0.1) is 11.7 Å². The number of likely N-dealkylation sites (N-methyl/N-ethyl adjacent to an activating group) is 1. The van der Waals surface area contributed by atoms with E-state index in [1.54, 1.807) is 0 Å². The van der Waals surface area contributed by atoms with Crippen LogP contribution in [0.25, 0.3) is 0 Å². The molecular weight excluding hydrogens is 314 g/mol. The Morgan fingerprint density at radius 2 is 2.27 bits per heavy atom. The molecule has 2 rings (SSSR count). The minimum Gasteiger partial charge on any atom is -0.375 e. The molecule has 1 aliphatic rings. The number of methoxy groups -OCH3 is 1. The number of hydrogen-bond donors (Lipinski definition) is 1. The third kappa shape index (κ3) is 4.31. The molecule has 0 aromatic carbocycles. The molecule has 4 nitrogen and oxygen atoms in total. The molecule has 1 saturated heterocycles. The Morgan fingerprint density at radius 3 is 2.82 bits per heavy atom. The maximum atomic E-state index is 5.90. The first-order valence-corrected chi connectivity index (χ1v) is 9.64. The highest BCUT2D eigenvalue weighted by Crippen LogP contribution is 2.32. The zero-order valence-electron chi connectivity index (χ0n) is 14.0. The van der Waals surface area contributed by atoms with E-state index in [1.165, 1.54) is 16.5 Å². The quantitative estimate of drug-likeness (QED) is 0.633. The summed E-state index contributed by atoms with van der Waals surface area (Å²) in [5, 5.41) is 0.311. The first kappa shape index (κ1) is 17.9. The molecule has 1 aromatic rings. The van der Waals surface area contributed by atoms with Crippen molar-refractivity contribution in [3.63, 3.8) is 0 Å². The van der Waals surface area contributed by atoms with Gasteiger partial charge in [-0.3, -0.25) is 4.98 Å². The van der Waals surface area contributed by atoms with Crippen molar-refractivity contribution in [1.82, 2.24) is 9.88 Å². The molecule has 2 heterocycles. The fourth-order valence-electron chi connectivity index (χ4n) is 3.13. The zero-order chi connectivity index (χ0) is 16.2. The first-order valence-electron chi connectivity index (χ1n) is 7.71. The van der Waals surface area contributed by atoms with Crippen LogP contribution in [0.4, 0.5) is 5.69 Å². The summed E-state index contributed by atoms with van der Waals surface area (Å²) < 4.78 is 5.90. The Morgan fingerprint density at radius 1 is 1.50 bits per heavy atom. The van der Waals surface area contributed by atoms with Crippen molar-refractivity contribution in [3.8, 4) is 0 Å². The van der Waals surface area contributed by atoms with Crippen LogP contribution in [0, 0.1) is 0 Å². The summed E-state index contributed by atoms with van der Waals surface area (Å²) >= 11 is 4.27. The van der Waals surface area contributed by atoms with Crippen molar-refractivity contribution in [3.05, 3.63) is 24.0 Å². The van der Waals surface area contributed by atoms with Crippen LogP contribution in [0.2, 0.25) is 0 Å². The number of aromatic nitrogens is 1. The lowest BCUT2D eigenvalue weighted by molar-refractivity contribution is -0.0372. The number of nitrogens with zero attached hydrogens (tertiary/aromatic N) is 3. The van der Waals surface area contributed by atoms with E-state index < -0.39 is 0 Å². The van der Waals surface area contributed by atoms with Gasteiger partial charge < -0.3 is 14.5 Å². The molecule has 22 heavy (non-hydrogen) atoms. The maximum Gasteiger partial charge on any atom is 0.0979 e. The van der Waals surface area contributed by atoms with Crippen molar-refractivity contribution >= 4 is 28.1 Å². The van der Waals surface area contributed by atoms with Crippen LogP contribution in [-0.4, -0.2) is 56.3 Å². The minimum atomic E-state index is -0.0886. The molecule has 0 radical (unpaired) electrons. The fourth-order valence-corrected chi connectivity index (χ4v) is 3.71. The van der Waals surface area contributed by atoms with E-state index in [4.69, 9.17) is 4.74 Å². The van der Waals surface area contributed by atoms with Gasteiger partial charge in [0.25, 0.3) is 0 Å². The van der Waals surface area contributed by atoms with E-state index >= 15 is 0 Å². The Labute approximate surface area is 143 Å². The van der Waals surface area contributed by atoms with Crippen LogP contribution in [-0.2, 0) is 4.74 Å². The lowest BCUT2D eigenvalue weighted by atomic mass is 9.91. The Hall–Kier alpha value is -0.430. The standard InChI is InChI=1S/C16H27N3OS2/c1-13(22-21)15-7-6-14(10-17-15)19-9-5-8-16(12-19,20-4)11-18(2)3/h6-7,10,13,21H,5,8-9,11-12H2,1-4H3/t13?,16-/m1/s1. The molecule has 0 saturated carbocycles. The highest BCUT2D eigenvalue weighted by atomic mass is 33.1. The summed E-state index contributed by atoms with van der Waals surface area (Å²) in [5.74, 6) is 0. The lowest BCUT2D eigenvalue weighted by Gasteiger charge is -2.44. The van der Waals surface area contributed by atoms with Gasteiger partial charge in [-0.05, 0) is 46.0 Å². The molecule has 2 atom stereocenters. The van der Waals surface area contributed by atoms with Gasteiger partial charge >= 0.3 is 0 Å². The van der Waals surface area contributed by atoms with E-state index in [9.17, 15) is 0 Å². The predicted octanol–water partition coefficient (Wildman–Crippen LogP) is 3.27. The highest BCUT2D eigenvalue weighted by molar-refractivity contribution is 8.68. The molecule has 0 bridgehead atoms. The molecule has 0 amide bonds. The molecule has 1 fully saturated rings. The van der Waals surface area contributed by atoms with Gasteiger partial charge in [0.1, 0.15) is 0 Å². The highest BCUT2D eigenvalue weighted by Gasteiger charge is 2.36. The number of pyridine rings is 1. The number of hydrogen-bond acceptors (Lipinski definition) is 6. The summed E-state index contributed by atoms with van der Waals surface area (Å²) in [6, 6.07) is 4.28. The molecule has 1 aromatic heterocycles. The normalized spacial score (nSPS) is 23.8. The summed E-state index contributed by atoms with van der Waals surface area (Å²) in [6.45, 7) is 5.04. The second-order valence-corrected chi connectivity index (χ2v) is 7.89. The Kier molecular flexibility index (Phi) is 6.44. The minimum absolute atomic E-state index is 0.0886. The molecule has 6 heteroatoms. The van der Waals surface area contributed by atoms with Gasteiger partial charge in [0.05, 0.1) is 28.4 Å². The first-order chi connectivity index (χ1) is 10.5. The van der Waals surface area contributed by atoms with Crippen LogP contribution in [0.5, 0.6) is 0 Å². The molecule has 0 spiro atoms. The number of thiol groups is 1. The zero-order valence-corrected chi connectivity index (χ0v) is 15.7. The van der Waals surface area contributed by atoms with Gasteiger partial charge in [-0.1, -0.05) is 10.8 Å². The van der Waals surface area contributed by atoms with Crippen LogP contribution in [0.15, 0.2) is 18.3 Å². The predicted molar refractivity (Wildman–Crippen MR) is 99.0 cm³/mol. The maximum absolute atomic E-state index is 5.90. The molecule has 0 N–H and O–H groups in total. The molecule has 124 valence electrons. The third-order valence-corrected chi connectivity index (χ3v) is 5.79. The van der Waals surface area contributed by atoms with Crippen molar-refractivity contribution in [2.45, 2.75) is 30.6 Å². The summed E-state index contributed by atoms with van der Waals surface area (Å²) in [4.78, 5) is 9.20. The number of rotatable bonds is 6. The van der Waals surface area contributed by atoms with E-state index in [1.807, 2.05) is 13.3 Å². The van der Waals surface area contributed by atoms with Gasteiger partial charge in [-0.25, -0.2) is 0 Å². The van der Waals surface area contributed by atoms with Crippen molar-refractivity contribution in [2.75, 3.05) is 45.7 Å². The Balaban J connectivity index is 2.11. The summed E-state index contributed by atoms with van der Waals surface area (Å²) in [6.07, 6.45) is 4.24. The van der Waals surface area contributed by atoms with Crippen LogP contribution in [0.1, 0.15) is 30.7 Å². The lowest BCUT2D eigenvalue weighted by Crippen LogP contribution is -2.54. The summed E-state index contributed by atoms with van der Waals surface area (Å²) in [5.41, 5.74) is 2.17. The van der Waals surface area contributed by atoms with E-state index in [0.29, 0.717) is 5.25 Å². The van der Waals surface area contributed by atoms with E-state index in [0.717, 1.165) is 38.2 Å². The van der Waals surface area contributed by atoms with Gasteiger partial charge in [-0.2, -0.15) is 0 Å². The number of ether oxygens (including phenoxy) is 1. The topological polar surface area (TPSA) is 28.6 Å². The second-order valence-electron chi connectivity index (χ2n) is 6.34. The van der Waals surface area contributed by atoms with E-state index in [-0.39, 0.29) is 5.60 Å². The fraction of sp³-hybridized carbons (Fsp3) is 0.688. The van der Waals surface area contributed by atoms with Crippen LogP contribution < -0.4 is 4.90 Å². The van der Waals surface area contributed by atoms with Crippen LogP contribution in [0.3, 0.4) is 0 Å². The average Bonchev–Trinajstić information content (AvgIpc) is 2.54. The number of piperidine rings is 1. The Bertz CT molecular complexity index is 469. The average molecular weight is 342 g/mol. The SMILES string of the molecule is CO[C@@]1(CN(C)C)CCCN(c2ccc(C(C)SS)nc2)C1. The second kappa shape index (κ2) is 7.90. The third-order valence-electron chi connectivity index (χ3n) is 4.29. The van der Waals surface area contributed by atoms with Gasteiger partial charge in [0.2, 0.25) is 0 Å². The van der Waals surface area contributed by atoms with Gasteiger partial charge in [0.15, 0.2) is 0 Å². The largest absolute Gasteiger partial charge is 0.375 e. The smallest absolute Gasteiger partial charge is 0.0979 e. The van der Waals surface area contributed by atoms with Gasteiger partial charge in [0, 0.05) is 26.7 Å². The molecule has 0 aliphatic carbocycles. The monoisotopic (exact) mass is 341 g/mol. The van der Waals surface area contributed by atoms with Crippen molar-refractivity contribution < 1.29 is 4.74 Å². The summed E-state index contributed by atoms with van der Waals surface area (Å²) in [7, 11) is 7.56. The van der Waals surface area contributed by atoms with Crippen LogP contribution >= 0.6 is 22.5 Å². The van der Waals surface area contributed by atoms with Crippen molar-refractivity contribution in [1.29, 1.82) is 0 Å². The van der Waals surface area contributed by atoms with Crippen molar-refractivity contribution in [2.24, 2.45) is 0 Å².